The zero-order chi connectivity index (χ0) is 18.7. The summed E-state index contributed by atoms with van der Waals surface area (Å²) in [6.45, 7) is 1.92. The maximum atomic E-state index is 12.4. The van der Waals surface area contributed by atoms with Crippen molar-refractivity contribution in [2.45, 2.75) is 11.8 Å². The number of carbonyl (C=O) groups is 2. The van der Waals surface area contributed by atoms with Crippen LogP contribution in [-0.2, 0) is 0 Å². The van der Waals surface area contributed by atoms with E-state index in [4.69, 9.17) is 9.66 Å². The van der Waals surface area contributed by atoms with Crippen LogP contribution in [-0.4, -0.2) is 22.1 Å². The number of anilines is 1. The van der Waals surface area contributed by atoms with Crippen molar-refractivity contribution in [1.29, 1.82) is 0 Å². The number of carboxylic acids is 1. The maximum absolute atomic E-state index is 12.4. The highest BCUT2D eigenvalue weighted by molar-refractivity contribution is 7.97. The van der Waals surface area contributed by atoms with Crippen LogP contribution in [0.4, 0.5) is 5.88 Å². The van der Waals surface area contributed by atoms with Crippen LogP contribution < -0.4 is 10.5 Å². The number of nitrogens with zero attached hydrogens (tertiary/aromatic N) is 1. The molecule has 26 heavy (non-hydrogen) atoms. The molecule has 0 saturated heterocycles. The summed E-state index contributed by atoms with van der Waals surface area (Å²) in [5.41, 5.74) is 1.88. The van der Waals surface area contributed by atoms with Crippen LogP contribution in [0, 0.1) is 6.92 Å². The summed E-state index contributed by atoms with van der Waals surface area (Å²) in [4.78, 5) is 24.8. The van der Waals surface area contributed by atoms with Gasteiger partial charge in [0.2, 0.25) is 5.88 Å². The van der Waals surface area contributed by atoms with Gasteiger partial charge in [0.15, 0.2) is 5.56 Å². The number of nitrogens with one attached hydrogen (secondary N) is 1. The third-order valence-corrected chi connectivity index (χ3v) is 4.22. The zero-order valence-corrected chi connectivity index (χ0v) is 14.5. The highest BCUT2D eigenvalue weighted by Gasteiger charge is 2.25. The van der Waals surface area contributed by atoms with Crippen molar-refractivity contribution in [2.24, 2.45) is 5.14 Å². The fraction of sp³-hybridized carbons (Fsp3) is 0.0556. The molecule has 0 bridgehead atoms. The molecule has 1 heterocycles. The normalized spacial score (nSPS) is 10.5. The van der Waals surface area contributed by atoms with Crippen molar-refractivity contribution >= 4 is 29.7 Å². The Morgan fingerprint density at radius 2 is 1.92 bits per heavy atom. The molecule has 3 aromatic rings. The van der Waals surface area contributed by atoms with Crippen LogP contribution in [0.25, 0.3) is 11.3 Å². The molecule has 0 aliphatic carbocycles. The lowest BCUT2D eigenvalue weighted by Gasteiger charge is -2.04. The fourth-order valence-electron chi connectivity index (χ4n) is 2.37. The summed E-state index contributed by atoms with van der Waals surface area (Å²) in [6.07, 6.45) is 0. The summed E-state index contributed by atoms with van der Waals surface area (Å²) < 4.78 is 5.10. The van der Waals surface area contributed by atoms with E-state index in [9.17, 15) is 14.7 Å². The standard InChI is InChI=1S/C18H15N3O4S/c1-10-5-7-11(8-6-10)15-14(18(23)24)17(25-21-15)20-16(22)12-3-2-4-13(9-12)26-19/h2-9H,19H2,1H3,(H,20,22)(H,23,24). The summed E-state index contributed by atoms with van der Waals surface area (Å²) >= 11 is 1.01. The minimum absolute atomic E-state index is 0.152. The number of amides is 1. The van der Waals surface area contributed by atoms with Crippen molar-refractivity contribution in [3.05, 3.63) is 65.2 Å². The fourth-order valence-corrected chi connectivity index (χ4v) is 2.72. The molecule has 132 valence electrons. The number of aromatic nitrogens is 1. The Kier molecular flexibility index (Phi) is 5.06. The molecule has 1 amide bonds. The second-order valence-corrected chi connectivity index (χ2v) is 6.21. The molecule has 4 N–H and O–H groups in total. The Bertz CT molecular complexity index is 967. The molecule has 8 heteroatoms. The van der Waals surface area contributed by atoms with Gasteiger partial charge in [-0.2, -0.15) is 0 Å². The lowest BCUT2D eigenvalue weighted by molar-refractivity contribution is 0.0698. The van der Waals surface area contributed by atoms with Crippen LogP contribution >= 0.6 is 11.9 Å². The van der Waals surface area contributed by atoms with E-state index in [0.29, 0.717) is 16.0 Å². The molecule has 0 spiro atoms. The molecule has 3 rings (SSSR count). The van der Waals surface area contributed by atoms with Gasteiger partial charge in [0.1, 0.15) is 5.69 Å². The van der Waals surface area contributed by atoms with E-state index in [2.05, 4.69) is 10.5 Å². The number of aryl methyl sites for hydroxylation is 1. The van der Waals surface area contributed by atoms with E-state index in [0.717, 1.165) is 17.5 Å². The van der Waals surface area contributed by atoms with Crippen molar-refractivity contribution in [3.63, 3.8) is 0 Å². The van der Waals surface area contributed by atoms with Gasteiger partial charge in [-0.25, -0.2) is 4.79 Å². The largest absolute Gasteiger partial charge is 0.477 e. The molecule has 0 saturated carbocycles. The van der Waals surface area contributed by atoms with Gasteiger partial charge in [0, 0.05) is 16.0 Å². The Hall–Kier alpha value is -3.10. The summed E-state index contributed by atoms with van der Waals surface area (Å²) in [7, 11) is 0. The quantitative estimate of drug-likeness (QED) is 0.588. The molecule has 2 aromatic carbocycles. The average Bonchev–Trinajstić information content (AvgIpc) is 3.06. The van der Waals surface area contributed by atoms with Crippen molar-refractivity contribution in [1.82, 2.24) is 5.16 Å². The van der Waals surface area contributed by atoms with E-state index in [1.54, 1.807) is 36.4 Å². The summed E-state index contributed by atoms with van der Waals surface area (Å²) in [6, 6.07) is 13.8. The van der Waals surface area contributed by atoms with E-state index in [1.807, 2.05) is 19.1 Å². The van der Waals surface area contributed by atoms with Crippen LogP contribution in [0.5, 0.6) is 0 Å². The average molecular weight is 369 g/mol. The van der Waals surface area contributed by atoms with Gasteiger partial charge in [-0.1, -0.05) is 41.1 Å². The van der Waals surface area contributed by atoms with Crippen molar-refractivity contribution < 1.29 is 19.2 Å². The molecule has 0 atom stereocenters. The first-order valence-corrected chi connectivity index (χ1v) is 8.45. The van der Waals surface area contributed by atoms with E-state index in [1.165, 1.54) is 0 Å². The van der Waals surface area contributed by atoms with Crippen LogP contribution in [0.1, 0.15) is 26.3 Å². The number of hydrogen-bond donors (Lipinski definition) is 3. The highest BCUT2D eigenvalue weighted by atomic mass is 32.2. The third-order valence-electron chi connectivity index (χ3n) is 3.69. The van der Waals surface area contributed by atoms with E-state index in [-0.39, 0.29) is 17.1 Å². The minimum Gasteiger partial charge on any atom is -0.477 e. The number of benzene rings is 2. The van der Waals surface area contributed by atoms with Gasteiger partial charge in [-0.3, -0.25) is 15.3 Å². The number of aromatic carboxylic acids is 1. The molecular formula is C18H15N3O4S. The van der Waals surface area contributed by atoms with E-state index < -0.39 is 11.9 Å². The second-order valence-electron chi connectivity index (χ2n) is 5.51. The lowest BCUT2D eigenvalue weighted by Crippen LogP contribution is -2.14. The molecular weight excluding hydrogens is 354 g/mol. The van der Waals surface area contributed by atoms with Crippen LogP contribution in [0.15, 0.2) is 57.9 Å². The Balaban J connectivity index is 1.94. The first-order chi connectivity index (χ1) is 12.5. The van der Waals surface area contributed by atoms with Crippen LogP contribution in [0.2, 0.25) is 0 Å². The number of carbonyl (C=O) groups excluding carboxylic acids is 1. The number of nitrogens with two attached hydrogens (primary N) is 1. The minimum atomic E-state index is -1.25. The Morgan fingerprint density at radius 3 is 2.58 bits per heavy atom. The van der Waals surface area contributed by atoms with E-state index >= 15 is 0 Å². The number of carboxylic acid groups (broad SMARTS) is 1. The van der Waals surface area contributed by atoms with Gasteiger partial charge >= 0.3 is 5.97 Å². The second kappa shape index (κ2) is 7.42. The van der Waals surface area contributed by atoms with Crippen molar-refractivity contribution in [2.75, 3.05) is 5.32 Å². The third kappa shape index (κ3) is 3.61. The van der Waals surface area contributed by atoms with Gasteiger partial charge in [-0.05, 0) is 37.1 Å². The predicted octanol–water partition coefficient (Wildman–Crippen LogP) is 3.57. The Labute approximate surface area is 153 Å². The molecule has 7 nitrogen and oxygen atoms in total. The van der Waals surface area contributed by atoms with Crippen molar-refractivity contribution in [3.8, 4) is 11.3 Å². The van der Waals surface area contributed by atoms with Gasteiger partial charge in [0.05, 0.1) is 0 Å². The summed E-state index contributed by atoms with van der Waals surface area (Å²) in [5, 5.41) is 21.3. The Morgan fingerprint density at radius 1 is 1.19 bits per heavy atom. The molecule has 0 fully saturated rings. The number of rotatable bonds is 5. The zero-order valence-electron chi connectivity index (χ0n) is 13.7. The van der Waals surface area contributed by atoms with Gasteiger partial charge < -0.3 is 9.63 Å². The molecule has 0 unspecified atom stereocenters. The lowest BCUT2D eigenvalue weighted by atomic mass is 10.1. The molecule has 1 aromatic heterocycles. The molecule has 0 aliphatic rings. The molecule has 0 aliphatic heterocycles. The first kappa shape index (κ1) is 17.7. The highest BCUT2D eigenvalue weighted by Crippen LogP contribution is 2.29. The smallest absolute Gasteiger partial charge is 0.343 e. The maximum Gasteiger partial charge on any atom is 0.343 e. The molecule has 0 radical (unpaired) electrons. The van der Waals surface area contributed by atoms with Gasteiger partial charge in [0.25, 0.3) is 5.91 Å². The monoisotopic (exact) mass is 369 g/mol. The first-order valence-electron chi connectivity index (χ1n) is 7.57. The topological polar surface area (TPSA) is 118 Å². The van der Waals surface area contributed by atoms with Gasteiger partial charge in [-0.15, -0.1) is 0 Å². The van der Waals surface area contributed by atoms with Crippen LogP contribution in [0.3, 0.4) is 0 Å². The SMILES string of the molecule is Cc1ccc(-c2noc(NC(=O)c3cccc(SN)c3)c2C(=O)O)cc1. The predicted molar refractivity (Wildman–Crippen MR) is 98.1 cm³/mol. The number of hydrogen-bond acceptors (Lipinski definition) is 6. The summed E-state index contributed by atoms with van der Waals surface area (Å²) in [5.74, 6) is -1.98.